The number of aliphatic imine (C=N–C) groups is 2. The predicted octanol–water partition coefficient (Wildman–Crippen LogP) is 4.40. The van der Waals surface area contributed by atoms with Crippen molar-refractivity contribution in [2.24, 2.45) is 31.5 Å². The number of carbonyl (C=O) groups excluding carboxylic acids is 2. The third kappa shape index (κ3) is 6.02. The molecule has 1 unspecified atom stereocenters. The number of rotatable bonds is 7. The van der Waals surface area contributed by atoms with Gasteiger partial charge in [-0.15, -0.1) is 5.11 Å². The molecule has 0 aromatic heterocycles. The molecule has 2 fully saturated rings. The Hall–Kier alpha value is -3.88. The van der Waals surface area contributed by atoms with E-state index in [4.69, 9.17) is 4.74 Å². The van der Waals surface area contributed by atoms with Gasteiger partial charge in [0, 0.05) is 50.0 Å². The number of anilines is 1. The van der Waals surface area contributed by atoms with Crippen LogP contribution in [0.2, 0.25) is 0 Å². The minimum absolute atomic E-state index is 0.0369. The number of ether oxygens (including phenoxy) is 1. The number of likely N-dealkylation sites (tertiary alicyclic amines) is 1. The van der Waals surface area contributed by atoms with E-state index in [1.807, 2.05) is 35.2 Å². The molecule has 2 amide bonds. The molecule has 0 radical (unpaired) electrons. The normalized spacial score (nSPS) is 23.3. The van der Waals surface area contributed by atoms with Crippen LogP contribution < -0.4 is 4.90 Å². The maximum Gasteiger partial charge on any atom is 0.329 e. The first-order valence-corrected chi connectivity index (χ1v) is 12.2. The topological polar surface area (TPSA) is 99.3 Å². The van der Waals surface area contributed by atoms with Crippen molar-refractivity contribution in [1.82, 2.24) is 4.90 Å². The minimum Gasteiger partial charge on any atom is -0.482 e. The van der Waals surface area contributed by atoms with Gasteiger partial charge in [-0.05, 0) is 61.3 Å². The fourth-order valence-electron chi connectivity index (χ4n) is 4.77. The Labute approximate surface area is 211 Å². The van der Waals surface area contributed by atoms with Gasteiger partial charge >= 0.3 is 5.91 Å². The lowest BCUT2D eigenvalue weighted by molar-refractivity contribution is -0.118. The molecule has 2 aliphatic heterocycles. The molecule has 2 heterocycles. The predicted molar refractivity (Wildman–Crippen MR) is 140 cm³/mol. The average Bonchev–Trinajstić information content (AvgIpc) is 3.53. The minimum atomic E-state index is -0.462. The van der Waals surface area contributed by atoms with Gasteiger partial charge in [-0.3, -0.25) is 19.6 Å². The molecule has 1 saturated carbocycles. The summed E-state index contributed by atoms with van der Waals surface area (Å²) in [5.74, 6) is 0.178. The van der Waals surface area contributed by atoms with Gasteiger partial charge in [-0.1, -0.05) is 18.7 Å². The molecule has 9 heteroatoms. The number of carbonyl (C=O) groups is 2. The number of benzene rings is 1. The van der Waals surface area contributed by atoms with Crippen LogP contribution in [0.1, 0.15) is 36.0 Å². The summed E-state index contributed by atoms with van der Waals surface area (Å²) in [6.07, 6.45) is 13.6. The Balaban J connectivity index is 1.27. The van der Waals surface area contributed by atoms with Crippen molar-refractivity contribution in [3.05, 3.63) is 66.7 Å². The van der Waals surface area contributed by atoms with Gasteiger partial charge in [0.15, 0.2) is 5.76 Å². The molecule has 1 spiro atoms. The summed E-state index contributed by atoms with van der Waals surface area (Å²) in [6.45, 7) is 5.98. The van der Waals surface area contributed by atoms with Crippen LogP contribution in [-0.4, -0.2) is 62.6 Å². The highest BCUT2D eigenvalue weighted by molar-refractivity contribution is 5.96. The van der Waals surface area contributed by atoms with Crippen molar-refractivity contribution in [3.8, 4) is 0 Å². The highest BCUT2D eigenvalue weighted by Gasteiger charge is 2.54. The second-order valence-electron chi connectivity index (χ2n) is 9.13. The molecular weight excluding hydrogens is 456 g/mol. The maximum absolute atomic E-state index is 13.1. The van der Waals surface area contributed by atoms with Gasteiger partial charge in [0.1, 0.15) is 6.61 Å². The monoisotopic (exact) mass is 488 g/mol. The van der Waals surface area contributed by atoms with Gasteiger partial charge in [0.2, 0.25) is 0 Å². The molecule has 1 atom stereocenters. The van der Waals surface area contributed by atoms with E-state index in [0.29, 0.717) is 37.5 Å². The molecule has 36 heavy (non-hydrogen) atoms. The van der Waals surface area contributed by atoms with Gasteiger partial charge in [0.05, 0.1) is 12.9 Å². The van der Waals surface area contributed by atoms with Crippen molar-refractivity contribution < 1.29 is 14.3 Å². The first-order valence-electron chi connectivity index (χ1n) is 12.2. The van der Waals surface area contributed by atoms with E-state index >= 15 is 0 Å². The number of azo groups is 1. The zero-order valence-corrected chi connectivity index (χ0v) is 20.6. The van der Waals surface area contributed by atoms with Gasteiger partial charge in [-0.2, -0.15) is 5.11 Å². The smallest absolute Gasteiger partial charge is 0.329 e. The molecule has 1 aliphatic carbocycles. The zero-order chi connectivity index (χ0) is 25.4. The molecule has 1 aromatic carbocycles. The third-order valence-corrected chi connectivity index (χ3v) is 6.96. The number of allylic oxidation sites excluding steroid dienone is 2. The van der Waals surface area contributed by atoms with E-state index in [0.717, 1.165) is 24.9 Å². The number of nitrogens with zero attached hydrogens (tertiary/aromatic N) is 6. The molecule has 9 nitrogen and oxygen atoms in total. The Morgan fingerprint density at radius 1 is 1.33 bits per heavy atom. The molecule has 3 aliphatic rings. The molecule has 0 N–H and O–H groups in total. The van der Waals surface area contributed by atoms with Gasteiger partial charge in [0.25, 0.3) is 5.91 Å². The van der Waals surface area contributed by atoms with Crippen LogP contribution in [-0.2, 0) is 9.53 Å². The molecule has 1 aromatic rings. The number of hydrogen-bond acceptors (Lipinski definition) is 6. The van der Waals surface area contributed by atoms with Gasteiger partial charge in [-0.25, -0.2) is 0 Å². The fraction of sp³-hybridized carbons (Fsp3) is 0.407. The van der Waals surface area contributed by atoms with Crippen molar-refractivity contribution in [3.63, 3.8) is 0 Å². The van der Waals surface area contributed by atoms with Crippen molar-refractivity contribution >= 4 is 30.1 Å². The van der Waals surface area contributed by atoms with Crippen LogP contribution in [0.15, 0.2) is 81.4 Å². The van der Waals surface area contributed by atoms with E-state index in [2.05, 4.69) is 26.8 Å². The van der Waals surface area contributed by atoms with E-state index in [1.54, 1.807) is 43.0 Å². The van der Waals surface area contributed by atoms with Crippen molar-refractivity contribution in [2.75, 3.05) is 38.2 Å². The summed E-state index contributed by atoms with van der Waals surface area (Å²) in [6, 6.07) is 7.51. The molecule has 0 bridgehead atoms. The van der Waals surface area contributed by atoms with Crippen LogP contribution in [0.3, 0.4) is 0 Å². The fourth-order valence-corrected chi connectivity index (χ4v) is 4.77. The lowest BCUT2D eigenvalue weighted by Crippen LogP contribution is -2.39. The summed E-state index contributed by atoms with van der Waals surface area (Å²) in [5.41, 5.74) is 1.70. The molecule has 1 saturated heterocycles. The summed E-state index contributed by atoms with van der Waals surface area (Å²) >= 11 is 0. The Bertz CT molecular complexity index is 1130. The quantitative estimate of drug-likeness (QED) is 0.323. The lowest BCUT2D eigenvalue weighted by Gasteiger charge is -2.33. The van der Waals surface area contributed by atoms with Crippen LogP contribution in [0, 0.1) is 11.3 Å². The SMILES string of the molecule is C=CN(C=NC)c1cccc(C(=O)N2CCC3(CC2)CC3CN=NC(=O)/C2=C/C/C=C\N=CCO2)c1. The van der Waals surface area contributed by atoms with Crippen molar-refractivity contribution in [1.29, 1.82) is 0 Å². The lowest BCUT2D eigenvalue weighted by atomic mass is 9.90. The van der Waals surface area contributed by atoms with Crippen LogP contribution >= 0.6 is 0 Å². The average molecular weight is 489 g/mol. The first kappa shape index (κ1) is 25.2. The molecule has 4 rings (SSSR count). The van der Waals surface area contributed by atoms with Crippen molar-refractivity contribution in [2.45, 2.75) is 25.7 Å². The van der Waals surface area contributed by atoms with Gasteiger partial charge < -0.3 is 14.5 Å². The Morgan fingerprint density at radius 3 is 2.94 bits per heavy atom. The molecular formula is C27H32N6O3. The highest BCUT2D eigenvalue weighted by atomic mass is 16.5. The van der Waals surface area contributed by atoms with E-state index in [1.165, 1.54) is 0 Å². The second kappa shape index (κ2) is 11.7. The number of amides is 2. The number of hydrogen-bond donors (Lipinski definition) is 0. The zero-order valence-electron chi connectivity index (χ0n) is 20.6. The van der Waals surface area contributed by atoms with Crippen LogP contribution in [0.5, 0.6) is 0 Å². The van der Waals surface area contributed by atoms with E-state index < -0.39 is 5.91 Å². The largest absolute Gasteiger partial charge is 0.482 e. The first-order chi connectivity index (χ1) is 17.6. The highest BCUT2D eigenvalue weighted by Crippen LogP contribution is 2.59. The number of piperidine rings is 1. The Morgan fingerprint density at radius 2 is 2.17 bits per heavy atom. The third-order valence-electron chi connectivity index (χ3n) is 6.96. The van der Waals surface area contributed by atoms with E-state index in [-0.39, 0.29) is 23.7 Å². The van der Waals surface area contributed by atoms with Crippen LogP contribution in [0.4, 0.5) is 5.69 Å². The van der Waals surface area contributed by atoms with Crippen LogP contribution in [0.25, 0.3) is 0 Å². The summed E-state index contributed by atoms with van der Waals surface area (Å²) < 4.78 is 5.43. The molecule has 188 valence electrons. The maximum atomic E-state index is 13.1. The second-order valence-corrected chi connectivity index (χ2v) is 9.13. The van der Waals surface area contributed by atoms with E-state index in [9.17, 15) is 9.59 Å². The Kier molecular flexibility index (Phi) is 8.20. The summed E-state index contributed by atoms with van der Waals surface area (Å²) in [4.78, 5) is 37.2. The summed E-state index contributed by atoms with van der Waals surface area (Å²) in [7, 11) is 1.69. The summed E-state index contributed by atoms with van der Waals surface area (Å²) in [5, 5.41) is 8.06. The standard InChI is InChI=1S/C27H32N6O3/c1-3-32(20-28-2)23-8-6-7-21(17-23)26(35)33-14-10-27(11-15-33)18-22(27)19-30-31-25(34)24-9-4-5-12-29-13-16-36-24/h3,5-9,12-13,17,20,22H,1,4,10-11,14-16,18-19H2,2H3/b12-5-,24-9-,28-20?,29-13?,31-30?.